The van der Waals surface area contributed by atoms with E-state index >= 15 is 0 Å². The summed E-state index contributed by atoms with van der Waals surface area (Å²) in [4.78, 5) is 17.8. The molecule has 0 radical (unpaired) electrons. The van der Waals surface area contributed by atoms with Crippen molar-refractivity contribution in [1.29, 1.82) is 0 Å². The predicted octanol–water partition coefficient (Wildman–Crippen LogP) is 10.1. The van der Waals surface area contributed by atoms with Gasteiger partial charge in [0.25, 0.3) is 10.1 Å². The van der Waals surface area contributed by atoms with Crippen LogP contribution in [0.1, 0.15) is 77.3 Å². The number of rotatable bonds is 16. The third-order valence-electron chi connectivity index (χ3n) is 13.4. The molecule has 1 aliphatic carbocycles. The van der Waals surface area contributed by atoms with Gasteiger partial charge in [0.1, 0.15) is 6.54 Å². The number of amides is 1. The Balaban J connectivity index is 1.28. The van der Waals surface area contributed by atoms with Crippen molar-refractivity contribution in [1.82, 2.24) is 0 Å². The Morgan fingerprint density at radius 2 is 1.48 bits per heavy atom. The first-order valence-corrected chi connectivity index (χ1v) is 26.7. The first-order chi connectivity index (χ1) is 32.3. The molecule has 5 aromatic rings. The summed E-state index contributed by atoms with van der Waals surface area (Å²) in [7, 11) is -8.49. The molecule has 67 heavy (non-hydrogen) atoms. The van der Waals surface area contributed by atoms with E-state index in [0.29, 0.717) is 44.5 Å². The molecule has 0 saturated heterocycles. The fraction of sp³-hybridized carbons (Fsp3) is 0.321. The molecule has 1 unspecified atom stereocenters. The lowest BCUT2D eigenvalue weighted by molar-refractivity contribution is -0.438. The number of hydrogen-bond donors (Lipinski definition) is 3. The van der Waals surface area contributed by atoms with Crippen molar-refractivity contribution < 1.29 is 36.7 Å². The van der Waals surface area contributed by atoms with Gasteiger partial charge in [-0.25, -0.2) is 8.42 Å². The van der Waals surface area contributed by atoms with Crippen molar-refractivity contribution in [2.24, 2.45) is 11.6 Å². The van der Waals surface area contributed by atoms with Crippen LogP contribution in [0.3, 0.4) is 0 Å². The smallest absolute Gasteiger partial charge is 0.264 e. The minimum absolute atomic E-state index is 0.226. The molecule has 5 aromatic carbocycles. The normalized spacial score (nSPS) is 19.5. The fourth-order valence-electron chi connectivity index (χ4n) is 10.3. The Bertz CT molecular complexity index is 3190. The van der Waals surface area contributed by atoms with Gasteiger partial charge in [-0.2, -0.15) is 13.0 Å². The maximum Gasteiger partial charge on any atom is 0.264 e. The van der Waals surface area contributed by atoms with E-state index in [0.717, 1.165) is 76.4 Å². The first-order valence-electron chi connectivity index (χ1n) is 23.2. The number of carbonyl (C=O) groups is 1. The molecule has 350 valence electrons. The molecule has 14 heteroatoms. The number of carbonyl (C=O) groups excluding carboxylic acids is 1. The van der Waals surface area contributed by atoms with E-state index in [-0.39, 0.29) is 18.6 Å². The van der Waals surface area contributed by atoms with Crippen molar-refractivity contribution in [3.63, 3.8) is 0 Å². The maximum absolute atomic E-state index is 13.6. The highest BCUT2D eigenvalue weighted by Gasteiger charge is 2.46. The standard InChI is InChI=1S/C53H58N4O7S3/c1-52(2)46(56(29-9-11-31-66(59,60)61)44-25-17-35-13-5-7-15-42(35)48(44)52)27-19-37-33-39(51(55)58)34-38(50(37)65-41-23-21-40(54)22-24-41)20-28-47-53(3,4)49-43-16-8-6-14-36(43)18-26-45(49)57(47)30-10-12-32-67(62,63)64/h5-8,13-28,39H,9-12,29-34,54H2,1-4H3,(H3-,55,58,59,60,61,62,63,64)/i/hD. The molecule has 1 atom stereocenters. The van der Waals surface area contributed by atoms with Crippen molar-refractivity contribution in [2.75, 3.05) is 35.2 Å². The van der Waals surface area contributed by atoms with Gasteiger partial charge in [0.2, 0.25) is 11.6 Å². The molecular formula is C53H58N4O7S3. The van der Waals surface area contributed by atoms with E-state index in [1.807, 2.05) is 48.5 Å². The Labute approximate surface area is 400 Å². The first kappa shape index (κ1) is 46.6. The molecule has 3 aliphatic rings. The SMILES string of the molecule is [2H]NC(=O)C1CC(/C=C/C2=[N+](CCCCS(=O)(=O)[O-])c3ccc4ccccc4c3C2(C)C)=C(Sc2ccc(N)cc2)C(=C/C=C2/N(CCCCS(=O)(=O)O)c3ccc4ccccc4c3C2(C)C)/C1. The van der Waals surface area contributed by atoms with E-state index in [1.165, 1.54) is 0 Å². The summed E-state index contributed by atoms with van der Waals surface area (Å²) in [5.74, 6) is -1.72. The number of fused-ring (bicyclic) bond motifs is 6. The molecule has 5 N–H and O–H groups in total. The van der Waals surface area contributed by atoms with Crippen LogP contribution in [0, 0.1) is 5.92 Å². The fourth-order valence-corrected chi connectivity index (χ4v) is 12.5. The van der Waals surface area contributed by atoms with Crippen LogP contribution in [0.2, 0.25) is 1.41 Å². The van der Waals surface area contributed by atoms with Crippen LogP contribution in [-0.2, 0) is 35.9 Å². The zero-order chi connectivity index (χ0) is 48.6. The largest absolute Gasteiger partial charge is 0.748 e. The average molecular weight is 960 g/mol. The number of thioether (sulfide) groups is 1. The summed E-state index contributed by atoms with van der Waals surface area (Å²) in [6, 6.07) is 32.6. The summed E-state index contributed by atoms with van der Waals surface area (Å²) in [5, 5.41) is 4.45. The van der Waals surface area contributed by atoms with Crippen LogP contribution in [0.4, 0.5) is 17.1 Å². The number of nitrogen functional groups attached to an aromatic ring is 1. The average Bonchev–Trinajstić information content (AvgIpc) is 3.65. The van der Waals surface area contributed by atoms with Crippen LogP contribution in [0.5, 0.6) is 0 Å². The van der Waals surface area contributed by atoms with Gasteiger partial charge in [-0.05, 0) is 127 Å². The van der Waals surface area contributed by atoms with Crippen molar-refractivity contribution >= 4 is 82.2 Å². The number of benzene rings is 5. The third-order valence-corrected chi connectivity index (χ3v) is 16.3. The second kappa shape index (κ2) is 18.9. The Morgan fingerprint density at radius 3 is 2.15 bits per heavy atom. The van der Waals surface area contributed by atoms with Gasteiger partial charge in [-0.1, -0.05) is 92.4 Å². The molecule has 1 amide bonds. The molecule has 0 fully saturated rings. The zero-order valence-electron chi connectivity index (χ0n) is 39.3. The van der Waals surface area contributed by atoms with Crippen LogP contribution >= 0.6 is 11.8 Å². The number of anilines is 2. The number of allylic oxidation sites excluding steroid dienone is 7. The van der Waals surface area contributed by atoms with Crippen LogP contribution < -0.4 is 16.4 Å². The molecular weight excluding hydrogens is 901 g/mol. The van der Waals surface area contributed by atoms with Gasteiger partial charge in [0, 0.05) is 74.6 Å². The minimum atomic E-state index is -4.37. The number of nitrogens with two attached hydrogens (primary N) is 2. The number of hydrogen-bond acceptors (Lipinski definition) is 9. The van der Waals surface area contributed by atoms with Gasteiger partial charge in [0.05, 0.1) is 21.3 Å². The molecule has 2 heterocycles. The molecule has 0 aromatic heterocycles. The highest BCUT2D eigenvalue weighted by Crippen LogP contribution is 2.52. The van der Waals surface area contributed by atoms with Crippen LogP contribution in [0.15, 0.2) is 148 Å². The molecule has 8 rings (SSSR count). The molecule has 0 spiro atoms. The number of unbranched alkanes of at least 4 members (excludes halogenated alkanes) is 2. The van der Waals surface area contributed by atoms with Gasteiger partial charge >= 0.3 is 0 Å². The number of nitrogens with zero attached hydrogens (tertiary/aromatic N) is 2. The van der Waals surface area contributed by atoms with Crippen LogP contribution in [0.25, 0.3) is 21.5 Å². The predicted molar refractivity (Wildman–Crippen MR) is 271 cm³/mol. The Morgan fingerprint density at radius 1 is 0.821 bits per heavy atom. The van der Waals surface area contributed by atoms with Crippen molar-refractivity contribution in [3.8, 4) is 0 Å². The highest BCUT2D eigenvalue weighted by atomic mass is 32.2. The van der Waals surface area contributed by atoms with Gasteiger partial charge in [-0.15, -0.1) is 0 Å². The molecule has 0 saturated carbocycles. The Hall–Kier alpha value is -5.51. The van der Waals surface area contributed by atoms with E-state index < -0.39 is 48.6 Å². The van der Waals surface area contributed by atoms with E-state index in [4.69, 9.17) is 7.15 Å². The second-order valence-electron chi connectivity index (χ2n) is 18.8. The van der Waals surface area contributed by atoms with Crippen molar-refractivity contribution in [2.45, 2.75) is 81.9 Å². The number of primary amides is 1. The molecule has 2 aliphatic heterocycles. The lowest BCUT2D eigenvalue weighted by atomic mass is 9.78. The van der Waals surface area contributed by atoms with Crippen molar-refractivity contribution in [3.05, 3.63) is 154 Å². The summed E-state index contributed by atoms with van der Waals surface area (Å²) < 4.78 is 77.9. The lowest BCUT2D eigenvalue weighted by Crippen LogP contribution is -2.29. The van der Waals surface area contributed by atoms with E-state index in [2.05, 4.69) is 116 Å². The quantitative estimate of drug-likeness (QED) is 0.0372. The summed E-state index contributed by atoms with van der Waals surface area (Å²) >= 11 is 1.59. The summed E-state index contributed by atoms with van der Waals surface area (Å²) in [6.07, 6.45) is 10.7. The summed E-state index contributed by atoms with van der Waals surface area (Å²) in [5.41, 5.74) is 16.1. The van der Waals surface area contributed by atoms with E-state index in [9.17, 15) is 30.7 Å². The monoisotopic (exact) mass is 959 g/mol. The second-order valence-corrected chi connectivity index (χ2v) is 23.0. The minimum Gasteiger partial charge on any atom is -0.748 e. The third kappa shape index (κ3) is 10.2. The van der Waals surface area contributed by atoms with Gasteiger partial charge < -0.3 is 20.9 Å². The zero-order valence-corrected chi connectivity index (χ0v) is 40.7. The topological polar surface area (TPSA) is 187 Å². The summed E-state index contributed by atoms with van der Waals surface area (Å²) in [6.45, 7) is 9.75. The maximum atomic E-state index is 13.6. The highest BCUT2D eigenvalue weighted by molar-refractivity contribution is 8.03. The van der Waals surface area contributed by atoms with Gasteiger partial charge in [-0.3, -0.25) is 9.35 Å². The lowest BCUT2D eigenvalue weighted by Gasteiger charge is -2.29. The molecule has 0 bridgehead atoms. The Kier molecular flexibility index (Phi) is 13.1. The molecule has 11 nitrogen and oxygen atoms in total. The van der Waals surface area contributed by atoms with Gasteiger partial charge in [0.15, 0.2) is 7.12 Å². The van der Waals surface area contributed by atoms with Crippen LogP contribution in [-0.4, -0.2) is 66.7 Å². The van der Waals surface area contributed by atoms with E-state index in [1.54, 1.807) is 11.8 Å².